The molecule has 1 saturated heterocycles. The molecule has 1 rings (SSSR count). The molecule has 0 amide bonds. The molecule has 0 bridgehead atoms. The summed E-state index contributed by atoms with van der Waals surface area (Å²) in [5, 5.41) is 0. The molecule has 1 fully saturated rings. The lowest BCUT2D eigenvalue weighted by molar-refractivity contribution is 0.120. The van der Waals surface area contributed by atoms with Crippen molar-refractivity contribution >= 4 is 0 Å². The highest BCUT2D eigenvalue weighted by Crippen LogP contribution is 2.12. The van der Waals surface area contributed by atoms with E-state index in [9.17, 15) is 0 Å². The summed E-state index contributed by atoms with van der Waals surface area (Å²) < 4.78 is 5.54. The van der Waals surface area contributed by atoms with Crippen molar-refractivity contribution in [1.29, 1.82) is 0 Å². The van der Waals surface area contributed by atoms with Crippen LogP contribution in [0.4, 0.5) is 0 Å². The van der Waals surface area contributed by atoms with Gasteiger partial charge >= 0.3 is 0 Å². The average Bonchev–Trinajstić information content (AvgIpc) is 2.28. The van der Waals surface area contributed by atoms with Crippen molar-refractivity contribution in [1.82, 2.24) is 4.90 Å². The van der Waals surface area contributed by atoms with Crippen molar-refractivity contribution in [3.8, 4) is 0 Å². The number of nitrogens with zero attached hydrogens (tertiary/aromatic N) is 1. The molecular formula is C10H21NO. The van der Waals surface area contributed by atoms with Crippen LogP contribution < -0.4 is 0 Å². The zero-order valence-electron chi connectivity index (χ0n) is 8.55. The maximum Gasteiger partial charge on any atom is 0.0593 e. The van der Waals surface area contributed by atoms with Gasteiger partial charge in [0.15, 0.2) is 0 Å². The van der Waals surface area contributed by atoms with E-state index in [1.807, 2.05) is 0 Å². The highest BCUT2D eigenvalue weighted by atomic mass is 16.5. The number of rotatable bonds is 2. The van der Waals surface area contributed by atoms with Crippen LogP contribution in [-0.2, 0) is 4.74 Å². The van der Waals surface area contributed by atoms with Crippen LogP contribution in [0.2, 0.25) is 0 Å². The van der Waals surface area contributed by atoms with Gasteiger partial charge in [-0.05, 0) is 26.2 Å². The Bertz CT molecular complexity index is 125. The average molecular weight is 171 g/mol. The van der Waals surface area contributed by atoms with E-state index in [4.69, 9.17) is 4.74 Å². The van der Waals surface area contributed by atoms with Crippen molar-refractivity contribution in [2.75, 3.05) is 26.3 Å². The van der Waals surface area contributed by atoms with Crippen LogP contribution in [0, 0.1) is 5.92 Å². The standard InChI is InChI=1S/C10H21NO/c1-4-10-7-11(9(2)3)5-6-12-8-10/h9-10H,4-8H2,1-3H3/t10-/m1/s1. The lowest BCUT2D eigenvalue weighted by atomic mass is 10.1. The first-order valence-corrected chi connectivity index (χ1v) is 5.05. The summed E-state index contributed by atoms with van der Waals surface area (Å²) >= 11 is 0. The number of hydrogen-bond acceptors (Lipinski definition) is 2. The predicted octanol–water partition coefficient (Wildman–Crippen LogP) is 1.75. The summed E-state index contributed by atoms with van der Waals surface area (Å²) in [5.74, 6) is 0.745. The Hall–Kier alpha value is -0.0800. The first-order chi connectivity index (χ1) is 5.74. The minimum atomic E-state index is 0.667. The first-order valence-electron chi connectivity index (χ1n) is 5.05. The van der Waals surface area contributed by atoms with Gasteiger partial charge in [0.2, 0.25) is 0 Å². The highest BCUT2D eigenvalue weighted by Gasteiger charge is 2.18. The molecule has 0 unspecified atom stereocenters. The topological polar surface area (TPSA) is 12.5 Å². The fourth-order valence-electron chi connectivity index (χ4n) is 1.62. The van der Waals surface area contributed by atoms with Crippen LogP contribution in [0.25, 0.3) is 0 Å². The smallest absolute Gasteiger partial charge is 0.0593 e. The van der Waals surface area contributed by atoms with Gasteiger partial charge in [-0.3, -0.25) is 4.90 Å². The summed E-state index contributed by atoms with van der Waals surface area (Å²) in [7, 11) is 0. The highest BCUT2D eigenvalue weighted by molar-refractivity contribution is 4.70. The molecule has 0 aromatic carbocycles. The molecule has 72 valence electrons. The molecule has 1 aliphatic heterocycles. The van der Waals surface area contributed by atoms with Crippen molar-refractivity contribution in [2.24, 2.45) is 5.92 Å². The summed E-state index contributed by atoms with van der Waals surface area (Å²) in [6.07, 6.45) is 1.24. The van der Waals surface area contributed by atoms with Gasteiger partial charge in [-0.15, -0.1) is 0 Å². The fourth-order valence-corrected chi connectivity index (χ4v) is 1.62. The Morgan fingerprint density at radius 3 is 2.83 bits per heavy atom. The van der Waals surface area contributed by atoms with E-state index in [-0.39, 0.29) is 0 Å². The zero-order valence-corrected chi connectivity index (χ0v) is 8.55. The molecule has 0 aromatic heterocycles. The van der Waals surface area contributed by atoms with Crippen LogP contribution in [0.1, 0.15) is 27.2 Å². The number of ether oxygens (including phenoxy) is 1. The van der Waals surface area contributed by atoms with Crippen molar-refractivity contribution < 1.29 is 4.74 Å². The van der Waals surface area contributed by atoms with Crippen molar-refractivity contribution in [3.63, 3.8) is 0 Å². The Balaban J connectivity index is 2.42. The Morgan fingerprint density at radius 2 is 2.25 bits per heavy atom. The summed E-state index contributed by atoms with van der Waals surface area (Å²) in [6, 6.07) is 0.667. The molecule has 12 heavy (non-hydrogen) atoms. The van der Waals surface area contributed by atoms with Gasteiger partial charge < -0.3 is 4.74 Å². The van der Waals surface area contributed by atoms with Crippen molar-refractivity contribution in [3.05, 3.63) is 0 Å². The Labute approximate surface area is 75.9 Å². The Kier molecular flexibility index (Phi) is 4.02. The normalized spacial score (nSPS) is 27.5. The van der Waals surface area contributed by atoms with E-state index in [2.05, 4.69) is 25.7 Å². The van der Waals surface area contributed by atoms with Gasteiger partial charge in [-0.2, -0.15) is 0 Å². The molecule has 0 spiro atoms. The third-order valence-corrected chi connectivity index (χ3v) is 2.68. The largest absolute Gasteiger partial charge is 0.380 e. The second-order valence-electron chi connectivity index (χ2n) is 3.94. The van der Waals surface area contributed by atoms with Gasteiger partial charge in [0.25, 0.3) is 0 Å². The summed E-state index contributed by atoms with van der Waals surface area (Å²) in [6.45, 7) is 11.0. The second-order valence-corrected chi connectivity index (χ2v) is 3.94. The van der Waals surface area contributed by atoms with E-state index in [0.29, 0.717) is 6.04 Å². The van der Waals surface area contributed by atoms with Gasteiger partial charge in [-0.1, -0.05) is 6.92 Å². The molecule has 0 radical (unpaired) electrons. The van der Waals surface area contributed by atoms with Gasteiger partial charge in [0.05, 0.1) is 13.2 Å². The fraction of sp³-hybridized carbons (Fsp3) is 1.00. The predicted molar refractivity (Wildman–Crippen MR) is 51.3 cm³/mol. The minimum Gasteiger partial charge on any atom is -0.380 e. The third kappa shape index (κ3) is 2.76. The summed E-state index contributed by atoms with van der Waals surface area (Å²) in [4.78, 5) is 2.52. The van der Waals surface area contributed by atoms with E-state index >= 15 is 0 Å². The third-order valence-electron chi connectivity index (χ3n) is 2.68. The lowest BCUT2D eigenvalue weighted by Gasteiger charge is -2.26. The molecule has 2 nitrogen and oxygen atoms in total. The monoisotopic (exact) mass is 171 g/mol. The molecule has 1 atom stereocenters. The van der Waals surface area contributed by atoms with E-state index in [0.717, 1.165) is 25.7 Å². The first kappa shape index (κ1) is 10.0. The number of hydrogen-bond donors (Lipinski definition) is 0. The zero-order chi connectivity index (χ0) is 8.97. The molecule has 2 heteroatoms. The van der Waals surface area contributed by atoms with Crippen LogP contribution in [0.5, 0.6) is 0 Å². The van der Waals surface area contributed by atoms with E-state index in [1.54, 1.807) is 0 Å². The van der Waals surface area contributed by atoms with Crippen LogP contribution >= 0.6 is 0 Å². The quantitative estimate of drug-likeness (QED) is 0.627. The van der Waals surface area contributed by atoms with E-state index in [1.165, 1.54) is 13.0 Å². The molecule has 0 N–H and O–H groups in total. The maximum atomic E-state index is 5.54. The van der Waals surface area contributed by atoms with Gasteiger partial charge in [0, 0.05) is 19.1 Å². The molecule has 0 aromatic rings. The Morgan fingerprint density at radius 1 is 1.50 bits per heavy atom. The molecule has 1 aliphatic rings. The minimum absolute atomic E-state index is 0.667. The molecule has 0 aliphatic carbocycles. The van der Waals surface area contributed by atoms with Crippen molar-refractivity contribution in [2.45, 2.75) is 33.2 Å². The maximum absolute atomic E-state index is 5.54. The van der Waals surface area contributed by atoms with Crippen LogP contribution in [0.3, 0.4) is 0 Å². The molecule has 1 heterocycles. The molecule has 0 saturated carbocycles. The SMILES string of the molecule is CC[C@H]1COCCN(C(C)C)C1. The lowest BCUT2D eigenvalue weighted by Crippen LogP contribution is -2.35. The molecular weight excluding hydrogens is 150 g/mol. The summed E-state index contributed by atoms with van der Waals surface area (Å²) in [5.41, 5.74) is 0. The van der Waals surface area contributed by atoms with E-state index < -0.39 is 0 Å². The van der Waals surface area contributed by atoms with Gasteiger partial charge in [-0.25, -0.2) is 0 Å². The second kappa shape index (κ2) is 4.83. The van der Waals surface area contributed by atoms with Gasteiger partial charge in [0.1, 0.15) is 0 Å². The van der Waals surface area contributed by atoms with Crippen LogP contribution in [-0.4, -0.2) is 37.2 Å². The van der Waals surface area contributed by atoms with Crippen LogP contribution in [0.15, 0.2) is 0 Å².